The van der Waals surface area contributed by atoms with Crippen molar-refractivity contribution < 1.29 is 9.21 Å². The molecule has 0 aliphatic carbocycles. The van der Waals surface area contributed by atoms with E-state index in [1.54, 1.807) is 18.2 Å². The minimum atomic E-state index is -0.403. The summed E-state index contributed by atoms with van der Waals surface area (Å²) >= 11 is 1.08. The number of carbonyl (C=O) groups excluding carboxylic acids is 1. The van der Waals surface area contributed by atoms with Crippen LogP contribution in [0.25, 0.3) is 33.1 Å². The zero-order valence-corrected chi connectivity index (χ0v) is 14.6. The number of fused-ring (bicyclic) bond motifs is 4. The van der Waals surface area contributed by atoms with Gasteiger partial charge in [0.1, 0.15) is 28.7 Å². The molecule has 0 fully saturated rings. The molecule has 0 saturated heterocycles. The third-order valence-corrected chi connectivity index (χ3v) is 4.77. The number of anilines is 1. The molecule has 0 atom stereocenters. The molecule has 5 rings (SSSR count). The van der Waals surface area contributed by atoms with Crippen molar-refractivity contribution in [3.05, 3.63) is 59.1 Å². The van der Waals surface area contributed by atoms with Crippen molar-refractivity contribution in [1.29, 1.82) is 0 Å². The summed E-state index contributed by atoms with van der Waals surface area (Å²) in [5.41, 5.74) is 2.69. The van der Waals surface area contributed by atoms with Gasteiger partial charge in [-0.2, -0.15) is 8.75 Å². The van der Waals surface area contributed by atoms with Gasteiger partial charge in [-0.25, -0.2) is 4.98 Å². The van der Waals surface area contributed by atoms with Crippen LogP contribution in [0.5, 0.6) is 0 Å². The van der Waals surface area contributed by atoms with Gasteiger partial charge in [0, 0.05) is 5.39 Å². The number of hydrogen-bond acceptors (Lipinski definition) is 7. The Labute approximate surface area is 155 Å². The Bertz CT molecular complexity index is 1380. The van der Waals surface area contributed by atoms with E-state index in [0.29, 0.717) is 27.8 Å². The van der Waals surface area contributed by atoms with Gasteiger partial charge in [-0.1, -0.05) is 18.2 Å². The van der Waals surface area contributed by atoms with E-state index >= 15 is 0 Å². The van der Waals surface area contributed by atoms with Gasteiger partial charge in [0.2, 0.25) is 11.5 Å². The maximum atomic E-state index is 12.7. The molecule has 27 heavy (non-hydrogen) atoms. The van der Waals surface area contributed by atoms with Crippen molar-refractivity contribution in [3.8, 4) is 0 Å². The molecule has 5 aromatic rings. The highest BCUT2D eigenvalue weighted by atomic mass is 32.1. The van der Waals surface area contributed by atoms with Crippen molar-refractivity contribution in [2.75, 3.05) is 5.32 Å². The van der Waals surface area contributed by atoms with Crippen LogP contribution in [0.15, 0.2) is 58.0 Å². The van der Waals surface area contributed by atoms with Gasteiger partial charge in [0.15, 0.2) is 0 Å². The lowest BCUT2D eigenvalue weighted by Crippen LogP contribution is -2.27. The topological polar surface area (TPSA) is 103 Å². The van der Waals surface area contributed by atoms with E-state index in [-0.39, 0.29) is 18.0 Å². The van der Waals surface area contributed by atoms with Crippen molar-refractivity contribution in [2.45, 2.75) is 6.54 Å². The first-order valence-electron chi connectivity index (χ1n) is 8.08. The van der Waals surface area contributed by atoms with E-state index < -0.39 is 5.56 Å². The Morgan fingerprint density at radius 2 is 2.00 bits per heavy atom. The molecular weight excluding hydrogens is 366 g/mol. The first kappa shape index (κ1) is 15.6. The molecule has 0 bridgehead atoms. The van der Waals surface area contributed by atoms with Crippen molar-refractivity contribution in [2.24, 2.45) is 0 Å². The number of furan rings is 1. The Balaban J connectivity index is 1.48. The third-order valence-electron chi connectivity index (χ3n) is 4.22. The first-order chi connectivity index (χ1) is 13.2. The van der Waals surface area contributed by atoms with Crippen LogP contribution in [0.4, 0.5) is 5.69 Å². The lowest BCUT2D eigenvalue weighted by atomic mass is 10.2. The van der Waals surface area contributed by atoms with Crippen LogP contribution in [0, 0.1) is 0 Å². The summed E-state index contributed by atoms with van der Waals surface area (Å²) in [5.74, 6) is -0.366. The quantitative estimate of drug-likeness (QED) is 0.519. The summed E-state index contributed by atoms with van der Waals surface area (Å²) in [6.45, 7) is -0.188. The number of nitrogens with zero attached hydrogens (tertiary/aromatic N) is 4. The molecule has 0 saturated carbocycles. The van der Waals surface area contributed by atoms with Crippen molar-refractivity contribution >= 4 is 56.4 Å². The van der Waals surface area contributed by atoms with Crippen LogP contribution in [-0.2, 0) is 11.3 Å². The minimum absolute atomic E-state index is 0.136. The largest absolute Gasteiger partial charge is 0.448 e. The minimum Gasteiger partial charge on any atom is -0.448 e. The highest BCUT2D eigenvalue weighted by molar-refractivity contribution is 7.00. The third kappa shape index (κ3) is 2.56. The van der Waals surface area contributed by atoms with E-state index in [4.69, 9.17) is 4.42 Å². The summed E-state index contributed by atoms with van der Waals surface area (Å²) in [6, 6.07) is 12.6. The Hall–Kier alpha value is -3.59. The van der Waals surface area contributed by atoms with Gasteiger partial charge in [-0.05, 0) is 24.3 Å². The lowest BCUT2D eigenvalue weighted by Gasteiger charge is -2.07. The molecule has 0 aliphatic heterocycles. The number of nitrogens with one attached hydrogen (secondary N) is 1. The van der Waals surface area contributed by atoms with Gasteiger partial charge in [0.25, 0.3) is 5.56 Å². The molecule has 132 valence electrons. The normalized spacial score (nSPS) is 11.4. The van der Waals surface area contributed by atoms with Crippen LogP contribution in [0.2, 0.25) is 0 Å². The van der Waals surface area contributed by atoms with Gasteiger partial charge in [0.05, 0.1) is 23.7 Å². The monoisotopic (exact) mass is 377 g/mol. The van der Waals surface area contributed by atoms with Gasteiger partial charge < -0.3 is 9.73 Å². The molecule has 1 N–H and O–H groups in total. The van der Waals surface area contributed by atoms with Gasteiger partial charge in [-0.15, -0.1) is 0 Å². The predicted molar refractivity (Wildman–Crippen MR) is 102 cm³/mol. The predicted octanol–water partition coefficient (Wildman–Crippen LogP) is 2.79. The SMILES string of the molecule is O=C(Cn1cnc2c(oc3ccccc32)c1=O)Nc1cccc2nsnc12. The van der Waals surface area contributed by atoms with E-state index in [1.807, 2.05) is 24.3 Å². The van der Waals surface area contributed by atoms with Crippen molar-refractivity contribution in [1.82, 2.24) is 18.3 Å². The molecule has 0 aliphatic rings. The second kappa shape index (κ2) is 5.99. The first-order valence-corrected chi connectivity index (χ1v) is 8.81. The van der Waals surface area contributed by atoms with Crippen LogP contribution in [0.3, 0.4) is 0 Å². The average Bonchev–Trinajstić information content (AvgIpc) is 3.29. The van der Waals surface area contributed by atoms with Crippen LogP contribution >= 0.6 is 11.7 Å². The fourth-order valence-corrected chi connectivity index (χ4v) is 3.53. The smallest absolute Gasteiger partial charge is 0.297 e. The molecule has 3 heterocycles. The maximum Gasteiger partial charge on any atom is 0.297 e. The molecule has 8 nitrogen and oxygen atoms in total. The van der Waals surface area contributed by atoms with E-state index in [2.05, 4.69) is 19.0 Å². The van der Waals surface area contributed by atoms with E-state index in [0.717, 1.165) is 17.1 Å². The summed E-state index contributed by atoms with van der Waals surface area (Å²) in [7, 11) is 0. The zero-order valence-electron chi connectivity index (χ0n) is 13.7. The summed E-state index contributed by atoms with van der Waals surface area (Å²) < 4.78 is 15.2. The lowest BCUT2D eigenvalue weighted by molar-refractivity contribution is -0.116. The van der Waals surface area contributed by atoms with Crippen molar-refractivity contribution in [3.63, 3.8) is 0 Å². The fourth-order valence-electron chi connectivity index (χ4n) is 2.98. The average molecular weight is 377 g/mol. The highest BCUT2D eigenvalue weighted by Crippen LogP contribution is 2.24. The van der Waals surface area contributed by atoms with Crippen LogP contribution < -0.4 is 10.9 Å². The second-order valence-corrected chi connectivity index (χ2v) is 6.47. The Morgan fingerprint density at radius 1 is 1.11 bits per heavy atom. The Morgan fingerprint density at radius 3 is 2.93 bits per heavy atom. The Kier molecular flexibility index (Phi) is 3.47. The van der Waals surface area contributed by atoms with Gasteiger partial charge in [-0.3, -0.25) is 14.2 Å². The zero-order chi connectivity index (χ0) is 18.4. The number of para-hydroxylation sites is 1. The summed E-state index contributed by atoms with van der Waals surface area (Å²) in [4.78, 5) is 29.4. The number of benzene rings is 2. The second-order valence-electron chi connectivity index (χ2n) is 5.94. The summed E-state index contributed by atoms with van der Waals surface area (Å²) in [6.07, 6.45) is 1.36. The fraction of sp³-hybridized carbons (Fsp3) is 0.0556. The molecule has 1 amide bonds. The van der Waals surface area contributed by atoms with Crippen LogP contribution in [-0.4, -0.2) is 24.2 Å². The molecular formula is C18H11N5O3S. The molecule has 3 aromatic heterocycles. The number of aromatic nitrogens is 4. The number of amides is 1. The molecule has 0 unspecified atom stereocenters. The van der Waals surface area contributed by atoms with E-state index in [9.17, 15) is 9.59 Å². The molecule has 9 heteroatoms. The maximum absolute atomic E-state index is 12.7. The van der Waals surface area contributed by atoms with Crippen LogP contribution in [0.1, 0.15) is 0 Å². The number of hydrogen-bond donors (Lipinski definition) is 1. The number of carbonyl (C=O) groups is 1. The summed E-state index contributed by atoms with van der Waals surface area (Å²) in [5, 5.41) is 3.54. The molecule has 0 radical (unpaired) electrons. The molecule has 2 aromatic carbocycles. The van der Waals surface area contributed by atoms with Gasteiger partial charge >= 0.3 is 0 Å². The highest BCUT2D eigenvalue weighted by Gasteiger charge is 2.15. The number of rotatable bonds is 3. The van der Waals surface area contributed by atoms with E-state index in [1.165, 1.54) is 10.9 Å². The standard InChI is InChI=1S/C18H11N5O3S/c24-14(20-11-5-3-6-12-16(11)22-27-21-12)8-23-9-19-15-10-4-1-2-7-13(10)26-17(15)18(23)25/h1-7,9H,8H2,(H,20,24). The molecule has 0 spiro atoms.